The molecule has 0 bridgehead atoms. The fourth-order valence-electron chi connectivity index (χ4n) is 8.29. The highest BCUT2D eigenvalue weighted by Gasteiger charge is 2.24. The van der Waals surface area contributed by atoms with Crippen molar-refractivity contribution in [3.63, 3.8) is 0 Å². The summed E-state index contributed by atoms with van der Waals surface area (Å²) in [5.74, 6) is 0. The summed E-state index contributed by atoms with van der Waals surface area (Å²) in [5, 5.41) is 10.4. The maximum absolute atomic E-state index is 6.72. The Kier molecular flexibility index (Phi) is 5.38. The molecule has 3 nitrogen and oxygen atoms in total. The predicted octanol–water partition coefficient (Wildman–Crippen LogP) is 13.1. The molecule has 0 fully saturated rings. The number of hydrogen-bond acceptors (Lipinski definition) is 2. The molecule has 8 aromatic carbocycles. The minimum Gasteiger partial charge on any atom is -0.464 e. The number of nitrogens with zero attached hydrogens (tertiary/aromatic N) is 1. The van der Waals surface area contributed by atoms with Crippen LogP contribution in [0, 0.1) is 0 Å². The van der Waals surface area contributed by atoms with Gasteiger partial charge in [0.15, 0.2) is 0 Å². The van der Waals surface area contributed by atoms with Gasteiger partial charge in [0, 0.05) is 38.4 Å². The first-order valence-electron chi connectivity index (χ1n) is 16.7. The zero-order valence-electron chi connectivity index (χ0n) is 26.4. The van der Waals surface area contributed by atoms with Crippen molar-refractivity contribution in [2.45, 2.75) is 0 Å². The van der Waals surface area contributed by atoms with Gasteiger partial charge in [0.2, 0.25) is 0 Å². The van der Waals surface area contributed by atoms with Crippen molar-refractivity contribution in [1.82, 2.24) is 4.57 Å². The van der Waals surface area contributed by atoms with E-state index in [1.165, 1.54) is 60.0 Å². The summed E-state index contributed by atoms with van der Waals surface area (Å²) in [6.45, 7) is 0. The molecule has 11 aromatic rings. The number of rotatable bonds is 3. The Bertz CT molecular complexity index is 3050. The van der Waals surface area contributed by atoms with Gasteiger partial charge >= 0.3 is 0 Å². The lowest BCUT2D eigenvalue weighted by atomic mass is 9.84. The maximum atomic E-state index is 6.72. The van der Waals surface area contributed by atoms with E-state index in [0.717, 1.165) is 44.2 Å². The SMILES string of the molecule is c1ccc(-n2c3ccccc3c3c(-c4c5ccccc5c(-c5cc6ccoc6c6c5oc5ccccc56)c5ccccc45)cccc32)cc1. The van der Waals surface area contributed by atoms with Crippen molar-refractivity contribution < 1.29 is 8.83 Å². The Labute approximate surface area is 280 Å². The van der Waals surface area contributed by atoms with Crippen LogP contribution in [-0.2, 0) is 0 Å². The van der Waals surface area contributed by atoms with Gasteiger partial charge < -0.3 is 13.4 Å². The van der Waals surface area contributed by atoms with Crippen molar-refractivity contribution in [2.75, 3.05) is 0 Å². The van der Waals surface area contributed by atoms with Crippen molar-refractivity contribution >= 4 is 76.3 Å². The average molecular weight is 626 g/mol. The predicted molar refractivity (Wildman–Crippen MR) is 204 cm³/mol. The summed E-state index contributed by atoms with van der Waals surface area (Å²) >= 11 is 0. The second-order valence-corrected chi connectivity index (χ2v) is 12.8. The highest BCUT2D eigenvalue weighted by molar-refractivity contribution is 6.29. The van der Waals surface area contributed by atoms with E-state index >= 15 is 0 Å². The first-order valence-corrected chi connectivity index (χ1v) is 16.7. The van der Waals surface area contributed by atoms with Crippen LogP contribution in [0.15, 0.2) is 173 Å². The number of aromatic nitrogens is 1. The minimum absolute atomic E-state index is 0.847. The molecule has 3 heteroatoms. The molecule has 0 N–H and O–H groups in total. The van der Waals surface area contributed by atoms with Gasteiger partial charge in [0.1, 0.15) is 16.7 Å². The summed E-state index contributed by atoms with van der Waals surface area (Å²) in [6.07, 6.45) is 1.78. The molecule has 0 aliphatic carbocycles. The number of hydrogen-bond donors (Lipinski definition) is 0. The van der Waals surface area contributed by atoms with E-state index in [2.05, 4.69) is 150 Å². The average Bonchev–Trinajstić information content (AvgIpc) is 3.88. The highest BCUT2D eigenvalue weighted by Crippen LogP contribution is 2.50. The molecule has 0 amide bonds. The second kappa shape index (κ2) is 9.96. The lowest BCUT2D eigenvalue weighted by molar-refractivity contribution is 0.618. The summed E-state index contributed by atoms with van der Waals surface area (Å²) in [7, 11) is 0. The maximum Gasteiger partial charge on any atom is 0.147 e. The lowest BCUT2D eigenvalue weighted by Gasteiger charge is -2.18. The molecule has 0 aliphatic heterocycles. The summed E-state index contributed by atoms with van der Waals surface area (Å²) in [4.78, 5) is 0. The van der Waals surface area contributed by atoms with Crippen LogP contribution in [0.3, 0.4) is 0 Å². The summed E-state index contributed by atoms with van der Waals surface area (Å²) < 4.78 is 15.2. The van der Waals surface area contributed by atoms with Crippen LogP contribution in [0.25, 0.3) is 104 Å². The quantitative estimate of drug-likeness (QED) is 0.183. The Morgan fingerprint density at radius 2 is 1.00 bits per heavy atom. The zero-order valence-corrected chi connectivity index (χ0v) is 26.4. The largest absolute Gasteiger partial charge is 0.464 e. The molecule has 3 aromatic heterocycles. The van der Waals surface area contributed by atoms with Crippen molar-refractivity contribution in [2.24, 2.45) is 0 Å². The molecule has 11 rings (SSSR count). The van der Waals surface area contributed by atoms with Crippen molar-refractivity contribution in [3.8, 4) is 27.9 Å². The van der Waals surface area contributed by atoms with Crippen LogP contribution in [0.5, 0.6) is 0 Å². The van der Waals surface area contributed by atoms with E-state index < -0.39 is 0 Å². The molecular formula is C46H27NO2. The number of para-hydroxylation sites is 3. The molecule has 0 spiro atoms. The Hall–Kier alpha value is -6.58. The smallest absolute Gasteiger partial charge is 0.147 e. The standard InChI is InChI=1S/C46H27NO2/c1-2-13-29(14-3-1)47-38-22-10-8-19-34(38)43-36(21-12-23-39(43)47)41-30-15-4-6-17-32(30)42(33-18-7-5-16-31(33)41)37-27-28-25-26-48-45(28)44-35-20-9-11-24-40(35)49-46(37)44/h1-27H. The van der Waals surface area contributed by atoms with E-state index in [9.17, 15) is 0 Å². The van der Waals surface area contributed by atoms with Gasteiger partial charge in [0.05, 0.1) is 22.7 Å². The summed E-state index contributed by atoms with van der Waals surface area (Å²) in [6, 6.07) is 56.5. The zero-order chi connectivity index (χ0) is 32.1. The molecule has 49 heavy (non-hydrogen) atoms. The monoisotopic (exact) mass is 625 g/mol. The van der Waals surface area contributed by atoms with E-state index in [1.807, 2.05) is 12.1 Å². The van der Waals surface area contributed by atoms with Gasteiger partial charge in [-0.2, -0.15) is 0 Å². The lowest BCUT2D eigenvalue weighted by Crippen LogP contribution is -1.94. The Morgan fingerprint density at radius 3 is 1.73 bits per heavy atom. The molecule has 3 heterocycles. The molecule has 0 aliphatic rings. The van der Waals surface area contributed by atoms with E-state index in [-0.39, 0.29) is 0 Å². The first kappa shape index (κ1) is 26.5. The van der Waals surface area contributed by atoms with Crippen LogP contribution in [0.4, 0.5) is 0 Å². The van der Waals surface area contributed by atoms with E-state index in [4.69, 9.17) is 8.83 Å². The molecule has 0 saturated carbocycles. The highest BCUT2D eigenvalue weighted by atomic mass is 16.3. The second-order valence-electron chi connectivity index (χ2n) is 12.8. The minimum atomic E-state index is 0.847. The van der Waals surface area contributed by atoms with Crippen LogP contribution in [-0.4, -0.2) is 4.57 Å². The molecule has 0 atom stereocenters. The summed E-state index contributed by atoms with van der Waals surface area (Å²) in [5.41, 5.74) is 10.8. The van der Waals surface area contributed by atoms with Gasteiger partial charge in [-0.25, -0.2) is 0 Å². The third-order valence-corrected chi connectivity index (χ3v) is 10.2. The fourth-order valence-corrected chi connectivity index (χ4v) is 8.29. The van der Waals surface area contributed by atoms with Crippen LogP contribution >= 0.6 is 0 Å². The van der Waals surface area contributed by atoms with Crippen molar-refractivity contribution in [3.05, 3.63) is 164 Å². The Morgan fingerprint density at radius 1 is 0.408 bits per heavy atom. The van der Waals surface area contributed by atoms with Gasteiger partial charge in [-0.1, -0.05) is 115 Å². The fraction of sp³-hybridized carbons (Fsp3) is 0. The van der Waals surface area contributed by atoms with Crippen LogP contribution < -0.4 is 0 Å². The number of furan rings is 2. The van der Waals surface area contributed by atoms with E-state index in [0.29, 0.717) is 0 Å². The van der Waals surface area contributed by atoms with Crippen LogP contribution in [0.2, 0.25) is 0 Å². The molecule has 0 radical (unpaired) electrons. The van der Waals surface area contributed by atoms with Gasteiger partial charge in [0.25, 0.3) is 0 Å². The normalized spacial score (nSPS) is 12.1. The molecular weight excluding hydrogens is 599 g/mol. The van der Waals surface area contributed by atoms with Gasteiger partial charge in [-0.15, -0.1) is 0 Å². The molecule has 0 saturated heterocycles. The van der Waals surface area contributed by atoms with Crippen LogP contribution in [0.1, 0.15) is 0 Å². The molecule has 0 unspecified atom stereocenters. The number of benzene rings is 8. The topological polar surface area (TPSA) is 31.2 Å². The third kappa shape index (κ3) is 3.62. The number of fused-ring (bicyclic) bond motifs is 10. The van der Waals surface area contributed by atoms with E-state index in [1.54, 1.807) is 6.26 Å². The van der Waals surface area contributed by atoms with Gasteiger partial charge in [-0.05, 0) is 75.1 Å². The first-order chi connectivity index (χ1) is 24.3. The Balaban J connectivity index is 1.31. The third-order valence-electron chi connectivity index (χ3n) is 10.2. The van der Waals surface area contributed by atoms with Gasteiger partial charge in [-0.3, -0.25) is 0 Å². The van der Waals surface area contributed by atoms with Crippen molar-refractivity contribution in [1.29, 1.82) is 0 Å². The molecule has 228 valence electrons.